The molecule has 0 saturated heterocycles. The Morgan fingerprint density at radius 1 is 1.10 bits per heavy atom. The lowest BCUT2D eigenvalue weighted by Crippen LogP contribution is -2.17. The molecule has 0 aliphatic heterocycles. The number of hydrogen-bond donors (Lipinski definition) is 1. The summed E-state index contributed by atoms with van der Waals surface area (Å²) in [6, 6.07) is 5.78. The Morgan fingerprint density at radius 2 is 1.75 bits per heavy atom. The number of aromatic amines is 1. The van der Waals surface area contributed by atoms with Gasteiger partial charge in [0.1, 0.15) is 11.6 Å². The first-order valence-corrected chi connectivity index (χ1v) is 5.95. The average molecular weight is 285 g/mol. The minimum Gasteiger partial charge on any atom is -0.405 e. The molecular formula is C13H14F3N3O. The summed E-state index contributed by atoms with van der Waals surface area (Å²) in [5, 5.41) is 6.70. The van der Waals surface area contributed by atoms with E-state index in [1.54, 1.807) is 6.07 Å². The number of halogens is 3. The SMILES string of the molecule is CC(C)(C)c1nc(-c2ccccc2OC(F)(F)F)n[nH]1. The van der Waals surface area contributed by atoms with E-state index in [4.69, 9.17) is 0 Å². The molecule has 0 spiro atoms. The number of H-pyrrole nitrogens is 1. The zero-order valence-corrected chi connectivity index (χ0v) is 11.2. The lowest BCUT2D eigenvalue weighted by molar-refractivity contribution is -0.274. The zero-order chi connectivity index (χ0) is 15.0. The van der Waals surface area contributed by atoms with Gasteiger partial charge in [-0.05, 0) is 12.1 Å². The normalized spacial score (nSPS) is 12.5. The molecule has 7 heteroatoms. The van der Waals surface area contributed by atoms with Crippen molar-refractivity contribution < 1.29 is 17.9 Å². The summed E-state index contributed by atoms with van der Waals surface area (Å²) in [6.45, 7) is 5.78. The highest BCUT2D eigenvalue weighted by Crippen LogP contribution is 2.32. The van der Waals surface area contributed by atoms with Crippen molar-refractivity contribution in [2.75, 3.05) is 0 Å². The van der Waals surface area contributed by atoms with Gasteiger partial charge in [0.05, 0.1) is 5.56 Å². The van der Waals surface area contributed by atoms with Crippen LogP contribution in [0.15, 0.2) is 24.3 Å². The average Bonchev–Trinajstić information content (AvgIpc) is 2.76. The van der Waals surface area contributed by atoms with E-state index in [2.05, 4.69) is 19.9 Å². The second-order valence-electron chi connectivity index (χ2n) is 5.30. The van der Waals surface area contributed by atoms with Gasteiger partial charge in [-0.15, -0.1) is 13.2 Å². The molecule has 2 aromatic rings. The molecule has 20 heavy (non-hydrogen) atoms. The van der Waals surface area contributed by atoms with Crippen LogP contribution in [-0.2, 0) is 5.41 Å². The maximum absolute atomic E-state index is 12.4. The van der Waals surface area contributed by atoms with Crippen molar-refractivity contribution in [1.29, 1.82) is 0 Å². The Morgan fingerprint density at radius 3 is 2.30 bits per heavy atom. The molecular weight excluding hydrogens is 271 g/mol. The molecule has 2 rings (SSSR count). The standard InChI is InChI=1S/C13H14F3N3O/c1-12(2,3)11-17-10(18-19-11)8-6-4-5-7-9(8)20-13(14,15)16/h4-7H,1-3H3,(H,17,18,19). The van der Waals surface area contributed by atoms with Gasteiger partial charge < -0.3 is 4.74 Å². The number of rotatable bonds is 2. The smallest absolute Gasteiger partial charge is 0.405 e. The molecule has 0 aliphatic carbocycles. The maximum atomic E-state index is 12.4. The van der Waals surface area contributed by atoms with Crippen molar-refractivity contribution in [3.05, 3.63) is 30.1 Å². The third-order valence-corrected chi connectivity index (χ3v) is 2.55. The molecule has 108 valence electrons. The molecule has 0 unspecified atom stereocenters. The van der Waals surface area contributed by atoms with Crippen LogP contribution in [-0.4, -0.2) is 21.5 Å². The van der Waals surface area contributed by atoms with Crippen LogP contribution < -0.4 is 4.74 Å². The van der Waals surface area contributed by atoms with Crippen molar-refractivity contribution in [3.8, 4) is 17.1 Å². The highest BCUT2D eigenvalue weighted by molar-refractivity contribution is 5.63. The minimum absolute atomic E-state index is 0.176. The van der Waals surface area contributed by atoms with Gasteiger partial charge in [0.15, 0.2) is 5.82 Å². The van der Waals surface area contributed by atoms with Gasteiger partial charge in [0.25, 0.3) is 0 Å². The van der Waals surface area contributed by atoms with E-state index in [9.17, 15) is 13.2 Å². The summed E-state index contributed by atoms with van der Waals surface area (Å²) in [5.41, 5.74) is -0.0815. The minimum atomic E-state index is -4.75. The first-order valence-electron chi connectivity index (χ1n) is 5.95. The van der Waals surface area contributed by atoms with Crippen molar-refractivity contribution in [3.63, 3.8) is 0 Å². The first-order chi connectivity index (χ1) is 9.17. The molecule has 0 fully saturated rings. The molecule has 1 aromatic carbocycles. The lowest BCUT2D eigenvalue weighted by Gasteiger charge is -2.13. The van der Waals surface area contributed by atoms with E-state index in [-0.39, 0.29) is 22.6 Å². The van der Waals surface area contributed by atoms with E-state index in [1.165, 1.54) is 18.2 Å². The van der Waals surface area contributed by atoms with Gasteiger partial charge in [0.2, 0.25) is 0 Å². The van der Waals surface area contributed by atoms with Crippen molar-refractivity contribution in [1.82, 2.24) is 15.2 Å². The Balaban J connectivity index is 2.40. The number of para-hydroxylation sites is 1. The fourth-order valence-corrected chi connectivity index (χ4v) is 1.58. The zero-order valence-electron chi connectivity index (χ0n) is 11.2. The van der Waals surface area contributed by atoms with Crippen LogP contribution in [0, 0.1) is 0 Å². The van der Waals surface area contributed by atoms with Crippen LogP contribution in [0.5, 0.6) is 5.75 Å². The second-order valence-corrected chi connectivity index (χ2v) is 5.30. The summed E-state index contributed by atoms with van der Waals surface area (Å²) in [7, 11) is 0. The highest BCUT2D eigenvalue weighted by atomic mass is 19.4. The molecule has 0 radical (unpaired) electrons. The Hall–Kier alpha value is -2.05. The van der Waals surface area contributed by atoms with Gasteiger partial charge in [-0.25, -0.2) is 4.98 Å². The highest BCUT2D eigenvalue weighted by Gasteiger charge is 2.32. The maximum Gasteiger partial charge on any atom is 0.573 e. The molecule has 1 aromatic heterocycles. The van der Waals surface area contributed by atoms with Crippen LogP contribution in [0.25, 0.3) is 11.4 Å². The molecule has 0 saturated carbocycles. The van der Waals surface area contributed by atoms with Gasteiger partial charge in [-0.3, -0.25) is 5.10 Å². The number of alkyl halides is 3. The summed E-state index contributed by atoms with van der Waals surface area (Å²) < 4.78 is 41.1. The third-order valence-electron chi connectivity index (χ3n) is 2.55. The molecule has 0 atom stereocenters. The summed E-state index contributed by atoms with van der Waals surface area (Å²) in [6.07, 6.45) is -4.75. The van der Waals surface area contributed by atoms with Gasteiger partial charge >= 0.3 is 6.36 Å². The monoisotopic (exact) mass is 285 g/mol. The number of benzene rings is 1. The van der Waals surface area contributed by atoms with Crippen LogP contribution in [0.3, 0.4) is 0 Å². The number of aromatic nitrogens is 3. The largest absolute Gasteiger partial charge is 0.573 e. The lowest BCUT2D eigenvalue weighted by atomic mass is 9.96. The van der Waals surface area contributed by atoms with E-state index >= 15 is 0 Å². The molecule has 0 bridgehead atoms. The number of nitrogens with zero attached hydrogens (tertiary/aromatic N) is 2. The Kier molecular flexibility index (Phi) is 3.45. The van der Waals surface area contributed by atoms with Gasteiger partial charge in [-0.2, -0.15) is 5.10 Å². The van der Waals surface area contributed by atoms with E-state index in [0.29, 0.717) is 5.82 Å². The third kappa shape index (κ3) is 3.28. The molecule has 0 amide bonds. The quantitative estimate of drug-likeness (QED) is 0.916. The van der Waals surface area contributed by atoms with Crippen LogP contribution in [0.4, 0.5) is 13.2 Å². The molecule has 1 N–H and O–H groups in total. The summed E-state index contributed by atoms with van der Waals surface area (Å²) >= 11 is 0. The Bertz CT molecular complexity index is 599. The van der Waals surface area contributed by atoms with Crippen molar-refractivity contribution in [2.45, 2.75) is 32.5 Å². The molecule has 0 aliphatic rings. The van der Waals surface area contributed by atoms with Crippen LogP contribution in [0.1, 0.15) is 26.6 Å². The molecule has 1 heterocycles. The number of hydrogen-bond acceptors (Lipinski definition) is 3. The Labute approximate surface area is 114 Å². The van der Waals surface area contributed by atoms with E-state index in [0.717, 1.165) is 0 Å². The fourth-order valence-electron chi connectivity index (χ4n) is 1.58. The summed E-state index contributed by atoms with van der Waals surface area (Å²) in [5.74, 6) is 0.448. The van der Waals surface area contributed by atoms with E-state index < -0.39 is 6.36 Å². The first kappa shape index (κ1) is 14.4. The van der Waals surface area contributed by atoms with Crippen LogP contribution >= 0.6 is 0 Å². The van der Waals surface area contributed by atoms with Gasteiger partial charge in [0, 0.05) is 5.41 Å². The number of nitrogens with one attached hydrogen (secondary N) is 1. The fraction of sp³-hybridized carbons (Fsp3) is 0.385. The molecule has 4 nitrogen and oxygen atoms in total. The topological polar surface area (TPSA) is 50.8 Å². The predicted molar refractivity (Wildman–Crippen MR) is 67.2 cm³/mol. The predicted octanol–water partition coefficient (Wildman–Crippen LogP) is 3.67. The van der Waals surface area contributed by atoms with Gasteiger partial charge in [-0.1, -0.05) is 32.9 Å². The van der Waals surface area contributed by atoms with Crippen molar-refractivity contribution >= 4 is 0 Å². The number of ether oxygens (including phenoxy) is 1. The second kappa shape index (κ2) is 4.81. The van der Waals surface area contributed by atoms with Crippen LogP contribution in [0.2, 0.25) is 0 Å². The van der Waals surface area contributed by atoms with Crippen molar-refractivity contribution in [2.24, 2.45) is 0 Å². The summed E-state index contributed by atoms with van der Waals surface area (Å²) in [4.78, 5) is 4.23. The van der Waals surface area contributed by atoms with E-state index in [1.807, 2.05) is 20.8 Å².